The Labute approximate surface area is 112 Å². The van der Waals surface area contributed by atoms with Gasteiger partial charge in [-0.3, -0.25) is 0 Å². The molecule has 0 bridgehead atoms. The molecule has 1 aromatic carbocycles. The van der Waals surface area contributed by atoms with Crippen molar-refractivity contribution in [1.82, 2.24) is 5.32 Å². The van der Waals surface area contributed by atoms with Crippen LogP contribution in [0.5, 0.6) is 5.75 Å². The number of hydrogen-bond acceptors (Lipinski definition) is 2. The van der Waals surface area contributed by atoms with Crippen LogP contribution in [0.4, 0.5) is 0 Å². The van der Waals surface area contributed by atoms with Crippen molar-refractivity contribution in [3.8, 4) is 5.75 Å². The van der Waals surface area contributed by atoms with Crippen molar-refractivity contribution < 1.29 is 5.11 Å². The van der Waals surface area contributed by atoms with E-state index < -0.39 is 0 Å². The Kier molecular flexibility index (Phi) is 4.86. The first-order chi connectivity index (χ1) is 8.25. The number of benzene rings is 1. The minimum Gasteiger partial charge on any atom is -0.507 e. The predicted molar refractivity (Wildman–Crippen MR) is 74.1 cm³/mol. The molecule has 0 heterocycles. The molecule has 0 atom stereocenters. The molecule has 0 radical (unpaired) electrons. The summed E-state index contributed by atoms with van der Waals surface area (Å²) in [6, 6.07) is 5.67. The molecule has 0 amide bonds. The standard InChI is InChI=1S/C14H20BrNO/c15-13-9-12(5-6-14(13)17)10-16-8-7-11-3-1-2-4-11/h5-6,9,11,16-17H,1-4,7-8,10H2. The zero-order valence-electron chi connectivity index (χ0n) is 10.1. The lowest BCUT2D eigenvalue weighted by atomic mass is 10.0. The first-order valence-electron chi connectivity index (χ1n) is 6.44. The minimum atomic E-state index is 0.305. The number of rotatable bonds is 5. The Bertz CT molecular complexity index is 361. The predicted octanol–water partition coefficient (Wildman–Crippen LogP) is 3.82. The Morgan fingerprint density at radius 2 is 2.06 bits per heavy atom. The molecule has 2 nitrogen and oxygen atoms in total. The molecule has 0 spiro atoms. The average Bonchev–Trinajstić information content (AvgIpc) is 2.82. The van der Waals surface area contributed by atoms with Crippen LogP contribution >= 0.6 is 15.9 Å². The molecule has 17 heavy (non-hydrogen) atoms. The zero-order valence-corrected chi connectivity index (χ0v) is 11.7. The summed E-state index contributed by atoms with van der Waals surface area (Å²) in [5, 5.41) is 12.9. The number of phenolic OH excluding ortho intramolecular Hbond substituents is 1. The van der Waals surface area contributed by atoms with Crippen LogP contribution in [0, 0.1) is 5.92 Å². The van der Waals surface area contributed by atoms with Gasteiger partial charge in [0.25, 0.3) is 0 Å². The molecule has 1 aromatic rings. The summed E-state index contributed by atoms with van der Waals surface area (Å²) in [4.78, 5) is 0. The molecular formula is C14H20BrNO. The fourth-order valence-electron chi connectivity index (χ4n) is 2.50. The summed E-state index contributed by atoms with van der Waals surface area (Å²) >= 11 is 3.33. The highest BCUT2D eigenvalue weighted by molar-refractivity contribution is 9.10. The third-order valence-electron chi connectivity index (χ3n) is 3.55. The van der Waals surface area contributed by atoms with Crippen molar-refractivity contribution in [3.63, 3.8) is 0 Å². The average molecular weight is 298 g/mol. The zero-order chi connectivity index (χ0) is 12.1. The van der Waals surface area contributed by atoms with Crippen LogP contribution in [0.3, 0.4) is 0 Å². The van der Waals surface area contributed by atoms with Gasteiger partial charge < -0.3 is 10.4 Å². The maximum Gasteiger partial charge on any atom is 0.129 e. The molecular weight excluding hydrogens is 278 g/mol. The maximum absolute atomic E-state index is 9.39. The number of nitrogens with one attached hydrogen (secondary N) is 1. The Morgan fingerprint density at radius 1 is 1.29 bits per heavy atom. The van der Waals surface area contributed by atoms with Crippen molar-refractivity contribution in [2.24, 2.45) is 5.92 Å². The maximum atomic E-state index is 9.39. The number of phenols is 1. The molecule has 0 aliphatic heterocycles. The van der Waals surface area contributed by atoms with Crippen LogP contribution in [0.1, 0.15) is 37.7 Å². The largest absolute Gasteiger partial charge is 0.507 e. The van der Waals surface area contributed by atoms with E-state index in [9.17, 15) is 5.11 Å². The second-order valence-electron chi connectivity index (χ2n) is 4.90. The molecule has 0 unspecified atom stereocenters. The highest BCUT2D eigenvalue weighted by Crippen LogP contribution is 2.27. The van der Waals surface area contributed by atoms with E-state index in [0.717, 1.165) is 23.5 Å². The summed E-state index contributed by atoms with van der Waals surface area (Å²) in [7, 11) is 0. The van der Waals surface area contributed by atoms with E-state index in [1.807, 2.05) is 12.1 Å². The Balaban J connectivity index is 1.68. The van der Waals surface area contributed by atoms with Crippen LogP contribution in [0.2, 0.25) is 0 Å². The summed E-state index contributed by atoms with van der Waals surface area (Å²) in [5.41, 5.74) is 1.21. The first kappa shape index (κ1) is 12.9. The van der Waals surface area contributed by atoms with Crippen LogP contribution in [-0.4, -0.2) is 11.7 Å². The highest BCUT2D eigenvalue weighted by Gasteiger charge is 2.13. The molecule has 1 saturated carbocycles. The Morgan fingerprint density at radius 3 is 2.76 bits per heavy atom. The molecule has 1 aliphatic carbocycles. The van der Waals surface area contributed by atoms with Crippen molar-refractivity contribution in [3.05, 3.63) is 28.2 Å². The fraction of sp³-hybridized carbons (Fsp3) is 0.571. The van der Waals surface area contributed by atoms with E-state index >= 15 is 0 Å². The summed E-state index contributed by atoms with van der Waals surface area (Å²) < 4.78 is 0.771. The molecule has 1 aliphatic rings. The molecule has 3 heteroatoms. The topological polar surface area (TPSA) is 32.3 Å². The first-order valence-corrected chi connectivity index (χ1v) is 7.23. The quantitative estimate of drug-likeness (QED) is 0.810. The van der Waals surface area contributed by atoms with E-state index in [1.54, 1.807) is 6.07 Å². The van der Waals surface area contributed by atoms with Gasteiger partial charge in [-0.1, -0.05) is 31.7 Å². The van der Waals surface area contributed by atoms with Gasteiger partial charge in [-0.15, -0.1) is 0 Å². The minimum absolute atomic E-state index is 0.305. The van der Waals surface area contributed by atoms with E-state index in [-0.39, 0.29) is 0 Å². The van der Waals surface area contributed by atoms with E-state index in [4.69, 9.17) is 0 Å². The van der Waals surface area contributed by atoms with Crippen LogP contribution < -0.4 is 5.32 Å². The number of hydrogen-bond donors (Lipinski definition) is 2. The van der Waals surface area contributed by atoms with Gasteiger partial charge in [0.15, 0.2) is 0 Å². The normalized spacial score (nSPS) is 16.5. The monoisotopic (exact) mass is 297 g/mol. The van der Waals surface area contributed by atoms with E-state index in [0.29, 0.717) is 5.75 Å². The second kappa shape index (κ2) is 6.41. The molecule has 0 saturated heterocycles. The second-order valence-corrected chi connectivity index (χ2v) is 5.76. The van der Waals surface area contributed by atoms with Crippen LogP contribution in [-0.2, 0) is 6.54 Å². The third kappa shape index (κ3) is 4.00. The highest BCUT2D eigenvalue weighted by atomic mass is 79.9. The van der Waals surface area contributed by atoms with Gasteiger partial charge in [0.1, 0.15) is 5.75 Å². The number of halogens is 1. The van der Waals surface area contributed by atoms with E-state index in [2.05, 4.69) is 21.2 Å². The van der Waals surface area contributed by atoms with Gasteiger partial charge in [0, 0.05) is 6.54 Å². The van der Waals surface area contributed by atoms with Crippen LogP contribution in [0.25, 0.3) is 0 Å². The van der Waals surface area contributed by atoms with Gasteiger partial charge in [-0.05, 0) is 52.5 Å². The van der Waals surface area contributed by atoms with E-state index in [1.165, 1.54) is 37.7 Å². The van der Waals surface area contributed by atoms with Gasteiger partial charge in [0.05, 0.1) is 4.47 Å². The lowest BCUT2D eigenvalue weighted by Crippen LogP contribution is -2.16. The molecule has 2 N–H and O–H groups in total. The summed E-state index contributed by atoms with van der Waals surface area (Å²) in [6.45, 7) is 1.98. The smallest absolute Gasteiger partial charge is 0.129 e. The Hall–Kier alpha value is -0.540. The number of aromatic hydroxyl groups is 1. The lowest BCUT2D eigenvalue weighted by Gasteiger charge is -2.10. The fourth-order valence-corrected chi connectivity index (χ4v) is 2.92. The van der Waals surface area contributed by atoms with Crippen molar-refractivity contribution in [2.45, 2.75) is 38.6 Å². The van der Waals surface area contributed by atoms with Gasteiger partial charge in [-0.2, -0.15) is 0 Å². The summed E-state index contributed by atoms with van der Waals surface area (Å²) in [5.74, 6) is 1.26. The van der Waals surface area contributed by atoms with Crippen LogP contribution in [0.15, 0.2) is 22.7 Å². The van der Waals surface area contributed by atoms with Gasteiger partial charge in [-0.25, -0.2) is 0 Å². The third-order valence-corrected chi connectivity index (χ3v) is 4.18. The van der Waals surface area contributed by atoms with Crippen molar-refractivity contribution >= 4 is 15.9 Å². The molecule has 2 rings (SSSR count). The lowest BCUT2D eigenvalue weighted by molar-refractivity contribution is 0.470. The van der Waals surface area contributed by atoms with Gasteiger partial charge in [0.2, 0.25) is 0 Å². The molecule has 1 fully saturated rings. The van der Waals surface area contributed by atoms with Gasteiger partial charge >= 0.3 is 0 Å². The molecule has 0 aromatic heterocycles. The summed E-state index contributed by atoms with van der Waals surface area (Å²) in [6.07, 6.45) is 7.00. The van der Waals surface area contributed by atoms with Crippen molar-refractivity contribution in [2.75, 3.05) is 6.54 Å². The molecule has 94 valence electrons. The van der Waals surface area contributed by atoms with Crippen molar-refractivity contribution in [1.29, 1.82) is 0 Å². The SMILES string of the molecule is Oc1ccc(CNCCC2CCCC2)cc1Br.